The average molecular weight is 326 g/mol. The number of rotatable bonds is 4. The highest BCUT2D eigenvalue weighted by Gasteiger charge is 2.61. The molecule has 2 aliphatic carbocycles. The lowest BCUT2D eigenvalue weighted by Crippen LogP contribution is -2.11. The Morgan fingerprint density at radius 1 is 1.33 bits per heavy atom. The Labute approximate surface area is 139 Å². The van der Waals surface area contributed by atoms with E-state index in [2.05, 4.69) is 22.1 Å². The summed E-state index contributed by atoms with van der Waals surface area (Å²) in [5, 5.41) is 9.31. The summed E-state index contributed by atoms with van der Waals surface area (Å²) in [6.45, 7) is 0. The Kier molecular flexibility index (Phi) is 3.23. The second kappa shape index (κ2) is 5.19. The molecule has 0 amide bonds. The standard InChI is InChI=1S/C18H18N2O4/c1-23-15-12(9-19-17(20-15)24-2)10-3-4-13-11(7-10)5-6-18(13)8-14(18)16(21)22/h3-4,7,9,14H,5-6,8H2,1-2H3,(H,21,22). The zero-order chi connectivity index (χ0) is 16.9. The molecule has 2 unspecified atom stereocenters. The third kappa shape index (κ3) is 2.06. The average Bonchev–Trinajstić information content (AvgIpc) is 3.24. The van der Waals surface area contributed by atoms with Crippen molar-refractivity contribution in [2.24, 2.45) is 5.92 Å². The third-order valence-corrected chi connectivity index (χ3v) is 5.27. The van der Waals surface area contributed by atoms with Crippen molar-refractivity contribution >= 4 is 5.97 Å². The van der Waals surface area contributed by atoms with Crippen LogP contribution in [0.5, 0.6) is 11.9 Å². The Bertz CT molecular complexity index is 836. The Balaban J connectivity index is 1.72. The molecule has 6 nitrogen and oxygen atoms in total. The molecule has 124 valence electrons. The van der Waals surface area contributed by atoms with E-state index in [1.165, 1.54) is 18.2 Å². The van der Waals surface area contributed by atoms with E-state index >= 15 is 0 Å². The molecule has 0 radical (unpaired) electrons. The highest BCUT2D eigenvalue weighted by Crippen LogP contribution is 2.61. The van der Waals surface area contributed by atoms with Gasteiger partial charge in [0.2, 0.25) is 5.88 Å². The van der Waals surface area contributed by atoms with Crippen molar-refractivity contribution in [3.05, 3.63) is 35.5 Å². The zero-order valence-corrected chi connectivity index (χ0v) is 13.6. The minimum absolute atomic E-state index is 0.139. The predicted molar refractivity (Wildman–Crippen MR) is 86.3 cm³/mol. The van der Waals surface area contributed by atoms with Gasteiger partial charge in [-0.05, 0) is 36.0 Å². The fourth-order valence-corrected chi connectivity index (χ4v) is 3.95. The summed E-state index contributed by atoms with van der Waals surface area (Å²) in [6, 6.07) is 6.42. The van der Waals surface area contributed by atoms with Gasteiger partial charge in [0.1, 0.15) is 0 Å². The number of carbonyl (C=O) groups is 1. The van der Waals surface area contributed by atoms with Crippen molar-refractivity contribution in [3.8, 4) is 23.0 Å². The van der Waals surface area contributed by atoms with Gasteiger partial charge in [-0.3, -0.25) is 4.79 Å². The lowest BCUT2D eigenvalue weighted by atomic mass is 9.93. The number of fused-ring (bicyclic) bond motifs is 2. The van der Waals surface area contributed by atoms with E-state index in [-0.39, 0.29) is 17.3 Å². The van der Waals surface area contributed by atoms with E-state index < -0.39 is 5.97 Å². The van der Waals surface area contributed by atoms with Crippen LogP contribution in [0.1, 0.15) is 24.0 Å². The van der Waals surface area contributed by atoms with Gasteiger partial charge in [-0.25, -0.2) is 4.98 Å². The van der Waals surface area contributed by atoms with Crippen LogP contribution in [0.3, 0.4) is 0 Å². The molecule has 1 aromatic heterocycles. The molecule has 1 fully saturated rings. The molecule has 2 aromatic rings. The first-order valence-electron chi connectivity index (χ1n) is 7.90. The molecular formula is C18H18N2O4. The summed E-state index contributed by atoms with van der Waals surface area (Å²) in [7, 11) is 3.08. The molecule has 1 aromatic carbocycles. The van der Waals surface area contributed by atoms with Crippen LogP contribution in [0.25, 0.3) is 11.1 Å². The summed E-state index contributed by atoms with van der Waals surface area (Å²) >= 11 is 0. The van der Waals surface area contributed by atoms with Crippen molar-refractivity contribution < 1.29 is 19.4 Å². The van der Waals surface area contributed by atoms with Gasteiger partial charge in [0.25, 0.3) is 0 Å². The number of carboxylic acids is 1. The summed E-state index contributed by atoms with van der Waals surface area (Å²) in [4.78, 5) is 19.7. The molecule has 0 aliphatic heterocycles. The largest absolute Gasteiger partial charge is 0.481 e. The second-order valence-electron chi connectivity index (χ2n) is 6.40. The number of hydrogen-bond donors (Lipinski definition) is 1. The maximum Gasteiger partial charge on any atom is 0.319 e. The van der Waals surface area contributed by atoms with Gasteiger partial charge in [-0.1, -0.05) is 18.2 Å². The first-order chi connectivity index (χ1) is 11.6. The SMILES string of the molecule is COc1ncc(-c2ccc3c(c2)CCC32CC2C(=O)O)c(OC)n1. The maximum atomic E-state index is 11.3. The smallest absolute Gasteiger partial charge is 0.319 e. The Hall–Kier alpha value is -2.63. The minimum atomic E-state index is -0.683. The molecule has 6 heteroatoms. The highest BCUT2D eigenvalue weighted by atomic mass is 16.5. The number of hydrogen-bond acceptors (Lipinski definition) is 5. The molecule has 1 N–H and O–H groups in total. The number of benzene rings is 1. The minimum Gasteiger partial charge on any atom is -0.481 e. The van der Waals surface area contributed by atoms with E-state index in [0.717, 1.165) is 30.4 Å². The number of carboxylic acid groups (broad SMARTS) is 1. The van der Waals surface area contributed by atoms with Crippen LogP contribution in [-0.2, 0) is 16.6 Å². The Morgan fingerprint density at radius 3 is 2.83 bits per heavy atom. The Morgan fingerprint density at radius 2 is 2.17 bits per heavy atom. The number of aryl methyl sites for hydroxylation is 1. The number of aromatic nitrogens is 2. The maximum absolute atomic E-state index is 11.3. The zero-order valence-electron chi connectivity index (χ0n) is 13.6. The predicted octanol–water partition coefficient (Wildman–Crippen LogP) is 2.45. The number of methoxy groups -OCH3 is 2. The van der Waals surface area contributed by atoms with Crippen LogP contribution in [0.2, 0.25) is 0 Å². The molecule has 24 heavy (non-hydrogen) atoms. The van der Waals surface area contributed by atoms with Crippen molar-refractivity contribution in [1.82, 2.24) is 9.97 Å². The molecule has 1 spiro atoms. The lowest BCUT2D eigenvalue weighted by Gasteiger charge is -2.12. The van der Waals surface area contributed by atoms with Crippen LogP contribution in [0.15, 0.2) is 24.4 Å². The van der Waals surface area contributed by atoms with Crippen LogP contribution in [0.4, 0.5) is 0 Å². The van der Waals surface area contributed by atoms with Crippen LogP contribution in [-0.4, -0.2) is 35.3 Å². The van der Waals surface area contributed by atoms with Crippen LogP contribution in [0, 0.1) is 5.92 Å². The summed E-state index contributed by atoms with van der Waals surface area (Å²) in [5.74, 6) is -0.454. The molecule has 0 bridgehead atoms. The van der Waals surface area contributed by atoms with Crippen molar-refractivity contribution in [2.75, 3.05) is 14.2 Å². The molecule has 4 rings (SSSR count). The fraction of sp³-hybridized carbons (Fsp3) is 0.389. The van der Waals surface area contributed by atoms with Gasteiger partial charge in [-0.15, -0.1) is 0 Å². The van der Waals surface area contributed by atoms with E-state index in [9.17, 15) is 9.90 Å². The summed E-state index contributed by atoms with van der Waals surface area (Å²) in [5.41, 5.74) is 4.03. The number of ether oxygens (including phenoxy) is 2. The molecule has 1 heterocycles. The lowest BCUT2D eigenvalue weighted by molar-refractivity contribution is -0.139. The van der Waals surface area contributed by atoms with Gasteiger partial charge in [0.15, 0.2) is 0 Å². The normalized spacial score (nSPS) is 23.8. The topological polar surface area (TPSA) is 81.5 Å². The van der Waals surface area contributed by atoms with Gasteiger partial charge >= 0.3 is 12.0 Å². The van der Waals surface area contributed by atoms with E-state index in [0.29, 0.717) is 5.88 Å². The highest BCUT2D eigenvalue weighted by molar-refractivity contribution is 5.79. The monoisotopic (exact) mass is 326 g/mol. The van der Waals surface area contributed by atoms with Crippen molar-refractivity contribution in [2.45, 2.75) is 24.7 Å². The summed E-state index contributed by atoms with van der Waals surface area (Å²) in [6.07, 6.45) is 4.27. The van der Waals surface area contributed by atoms with Crippen molar-refractivity contribution in [3.63, 3.8) is 0 Å². The quantitative estimate of drug-likeness (QED) is 0.929. The van der Waals surface area contributed by atoms with Gasteiger partial charge < -0.3 is 14.6 Å². The van der Waals surface area contributed by atoms with Gasteiger partial charge in [0.05, 0.1) is 25.7 Å². The first kappa shape index (κ1) is 14.9. The fourth-order valence-electron chi connectivity index (χ4n) is 3.95. The number of aliphatic carboxylic acids is 1. The van der Waals surface area contributed by atoms with Crippen LogP contribution < -0.4 is 9.47 Å². The van der Waals surface area contributed by atoms with E-state index in [1.807, 2.05) is 6.07 Å². The van der Waals surface area contributed by atoms with Gasteiger partial charge in [-0.2, -0.15) is 4.98 Å². The van der Waals surface area contributed by atoms with Gasteiger partial charge in [0, 0.05) is 11.6 Å². The summed E-state index contributed by atoms with van der Waals surface area (Å²) < 4.78 is 10.4. The molecular weight excluding hydrogens is 308 g/mol. The second-order valence-corrected chi connectivity index (χ2v) is 6.40. The third-order valence-electron chi connectivity index (χ3n) is 5.27. The van der Waals surface area contributed by atoms with Crippen LogP contribution >= 0.6 is 0 Å². The van der Waals surface area contributed by atoms with E-state index in [1.54, 1.807) is 13.3 Å². The first-order valence-corrected chi connectivity index (χ1v) is 7.90. The molecule has 2 aliphatic rings. The number of nitrogens with zero attached hydrogens (tertiary/aromatic N) is 2. The van der Waals surface area contributed by atoms with Crippen molar-refractivity contribution in [1.29, 1.82) is 0 Å². The molecule has 1 saturated carbocycles. The molecule has 0 saturated heterocycles. The van der Waals surface area contributed by atoms with E-state index in [4.69, 9.17) is 9.47 Å². The molecule has 2 atom stereocenters.